The smallest absolute Gasteiger partial charge is 0.341 e. The molecule has 0 spiro atoms. The fourth-order valence-corrected chi connectivity index (χ4v) is 4.52. The summed E-state index contributed by atoms with van der Waals surface area (Å²) in [6.45, 7) is 0. The number of carbonyl (C=O) groups excluding carboxylic acids is 3. The number of amides is 2. The third-order valence-corrected chi connectivity index (χ3v) is 6.26. The van der Waals surface area contributed by atoms with Crippen LogP contribution in [0, 0.1) is 0 Å². The van der Waals surface area contributed by atoms with Crippen LogP contribution in [0.15, 0.2) is 23.3 Å². The molecule has 152 valence electrons. The lowest BCUT2D eigenvalue weighted by molar-refractivity contribution is -0.136. The van der Waals surface area contributed by atoms with Crippen LogP contribution in [0.1, 0.15) is 39.2 Å². The molecule has 0 atom stereocenters. The van der Waals surface area contributed by atoms with E-state index in [0.717, 1.165) is 36.1 Å². The molecular weight excluding hydrogens is 437 g/mol. The zero-order valence-electron chi connectivity index (χ0n) is 15.4. The van der Waals surface area contributed by atoms with Crippen LogP contribution >= 0.6 is 34.5 Å². The number of hydrazone groups is 1. The summed E-state index contributed by atoms with van der Waals surface area (Å²) < 4.78 is 4.85. The second kappa shape index (κ2) is 9.39. The van der Waals surface area contributed by atoms with E-state index in [1.54, 1.807) is 18.2 Å². The number of rotatable bonds is 4. The Morgan fingerprint density at radius 2 is 1.90 bits per heavy atom. The Bertz CT molecular complexity index is 1000. The molecule has 0 radical (unpaired) electrons. The van der Waals surface area contributed by atoms with E-state index in [0.29, 0.717) is 26.2 Å². The number of ether oxygens (including phenoxy) is 1. The number of fused-ring (bicyclic) bond motifs is 1. The minimum Gasteiger partial charge on any atom is -0.465 e. The van der Waals surface area contributed by atoms with Crippen LogP contribution in [0.5, 0.6) is 0 Å². The van der Waals surface area contributed by atoms with Gasteiger partial charge in [0.25, 0.3) is 0 Å². The lowest BCUT2D eigenvalue weighted by Gasteiger charge is -2.11. The summed E-state index contributed by atoms with van der Waals surface area (Å²) in [6.07, 6.45) is 4.89. The largest absolute Gasteiger partial charge is 0.465 e. The van der Waals surface area contributed by atoms with Crippen molar-refractivity contribution in [2.24, 2.45) is 5.10 Å². The molecule has 1 aliphatic carbocycles. The Labute approximate surface area is 181 Å². The molecule has 0 saturated carbocycles. The quantitative estimate of drug-likeness (QED) is 0.318. The molecule has 3 rings (SSSR count). The first kappa shape index (κ1) is 21.3. The number of carbonyl (C=O) groups is 3. The van der Waals surface area contributed by atoms with Gasteiger partial charge in [0.15, 0.2) is 0 Å². The molecule has 0 unspecified atom stereocenters. The molecule has 2 aromatic rings. The monoisotopic (exact) mass is 453 g/mol. The molecule has 0 fully saturated rings. The van der Waals surface area contributed by atoms with Gasteiger partial charge in [0, 0.05) is 4.88 Å². The van der Waals surface area contributed by atoms with Crippen LogP contribution < -0.4 is 10.7 Å². The first-order valence-corrected chi connectivity index (χ1v) is 10.3. The first-order valence-electron chi connectivity index (χ1n) is 8.73. The summed E-state index contributed by atoms with van der Waals surface area (Å²) >= 11 is 13.0. The number of nitrogens with one attached hydrogen (secondary N) is 2. The summed E-state index contributed by atoms with van der Waals surface area (Å²) in [7, 11) is 1.28. The van der Waals surface area contributed by atoms with E-state index >= 15 is 0 Å². The lowest BCUT2D eigenvalue weighted by atomic mass is 9.95. The molecule has 0 bridgehead atoms. The summed E-state index contributed by atoms with van der Waals surface area (Å²) in [5.74, 6) is -2.43. The standard InChI is InChI=1S/C19H17Cl2N3O4S/c1-28-19(27)15-11-4-2-3-5-14(11)29-18(15)23-16(25)17(26)24-22-9-10-6-7-12(20)13(21)8-10/h6-9H,2-5H2,1H3,(H,23,25)(H,24,26). The van der Waals surface area contributed by atoms with Gasteiger partial charge in [0.05, 0.1) is 28.9 Å². The topological polar surface area (TPSA) is 96.9 Å². The van der Waals surface area contributed by atoms with Crippen molar-refractivity contribution in [3.05, 3.63) is 49.8 Å². The minimum absolute atomic E-state index is 0.317. The van der Waals surface area contributed by atoms with Crippen LogP contribution in [-0.2, 0) is 27.2 Å². The van der Waals surface area contributed by atoms with E-state index in [1.165, 1.54) is 24.7 Å². The summed E-state index contributed by atoms with van der Waals surface area (Å²) in [4.78, 5) is 37.5. The van der Waals surface area contributed by atoms with Crippen molar-refractivity contribution in [2.45, 2.75) is 25.7 Å². The summed E-state index contributed by atoms with van der Waals surface area (Å²) in [5.41, 5.74) is 3.95. The van der Waals surface area contributed by atoms with E-state index in [2.05, 4.69) is 15.8 Å². The number of benzene rings is 1. The van der Waals surface area contributed by atoms with Crippen LogP contribution in [0.4, 0.5) is 5.00 Å². The highest BCUT2D eigenvalue weighted by Crippen LogP contribution is 2.38. The highest BCUT2D eigenvalue weighted by Gasteiger charge is 2.28. The second-order valence-corrected chi connectivity index (χ2v) is 8.15. The van der Waals surface area contributed by atoms with Crippen LogP contribution in [-0.4, -0.2) is 31.1 Å². The van der Waals surface area contributed by atoms with Gasteiger partial charge in [-0.1, -0.05) is 29.3 Å². The Balaban J connectivity index is 1.69. The van der Waals surface area contributed by atoms with Gasteiger partial charge in [-0.3, -0.25) is 9.59 Å². The molecule has 2 N–H and O–H groups in total. The molecule has 1 heterocycles. The first-order chi connectivity index (χ1) is 13.9. The highest BCUT2D eigenvalue weighted by atomic mass is 35.5. The molecule has 1 aromatic heterocycles. The average molecular weight is 454 g/mol. The number of halogens is 2. The molecule has 7 nitrogen and oxygen atoms in total. The number of nitrogens with zero attached hydrogens (tertiary/aromatic N) is 1. The third kappa shape index (κ3) is 4.95. The number of anilines is 1. The molecule has 2 amide bonds. The number of thiophene rings is 1. The van der Waals surface area contributed by atoms with Crippen molar-refractivity contribution in [2.75, 3.05) is 12.4 Å². The summed E-state index contributed by atoms with van der Waals surface area (Å²) in [6, 6.07) is 4.81. The van der Waals surface area contributed by atoms with Gasteiger partial charge >= 0.3 is 17.8 Å². The maximum Gasteiger partial charge on any atom is 0.341 e. The Morgan fingerprint density at radius 3 is 2.62 bits per heavy atom. The lowest BCUT2D eigenvalue weighted by Crippen LogP contribution is -2.32. The molecular formula is C19H17Cl2N3O4S. The van der Waals surface area contributed by atoms with Crippen molar-refractivity contribution in [1.29, 1.82) is 0 Å². The van der Waals surface area contributed by atoms with E-state index in [9.17, 15) is 14.4 Å². The Morgan fingerprint density at radius 1 is 1.14 bits per heavy atom. The van der Waals surface area contributed by atoms with E-state index in [-0.39, 0.29) is 0 Å². The molecule has 29 heavy (non-hydrogen) atoms. The maximum atomic E-state index is 12.2. The van der Waals surface area contributed by atoms with Gasteiger partial charge in [0.1, 0.15) is 5.00 Å². The van der Waals surface area contributed by atoms with E-state index in [4.69, 9.17) is 27.9 Å². The SMILES string of the molecule is COC(=O)c1c(NC(=O)C(=O)NN=Cc2ccc(Cl)c(Cl)c2)sc2c1CCCC2. The second-order valence-electron chi connectivity index (χ2n) is 6.23. The average Bonchev–Trinajstić information content (AvgIpc) is 3.07. The zero-order chi connectivity index (χ0) is 21.0. The van der Waals surface area contributed by atoms with Crippen molar-refractivity contribution in [1.82, 2.24) is 5.43 Å². The number of hydrogen-bond acceptors (Lipinski definition) is 6. The molecule has 1 aliphatic rings. The van der Waals surface area contributed by atoms with Gasteiger partial charge < -0.3 is 10.1 Å². The van der Waals surface area contributed by atoms with Crippen molar-refractivity contribution < 1.29 is 19.1 Å². The van der Waals surface area contributed by atoms with Gasteiger partial charge in [-0.05, 0) is 48.9 Å². The molecule has 1 aromatic carbocycles. The number of methoxy groups -OCH3 is 1. The van der Waals surface area contributed by atoms with Crippen molar-refractivity contribution in [3.8, 4) is 0 Å². The highest BCUT2D eigenvalue weighted by molar-refractivity contribution is 7.17. The number of esters is 1. The van der Waals surface area contributed by atoms with Crippen LogP contribution in [0.2, 0.25) is 10.0 Å². The number of hydrogen-bond donors (Lipinski definition) is 2. The van der Waals surface area contributed by atoms with Gasteiger partial charge in [-0.15, -0.1) is 11.3 Å². The summed E-state index contributed by atoms with van der Waals surface area (Å²) in [5, 5.41) is 7.30. The molecule has 0 aliphatic heterocycles. The van der Waals surface area contributed by atoms with Crippen molar-refractivity contribution >= 4 is 63.5 Å². The van der Waals surface area contributed by atoms with Gasteiger partial charge in [-0.2, -0.15) is 5.10 Å². The van der Waals surface area contributed by atoms with E-state index < -0.39 is 17.8 Å². The molecule has 10 heteroatoms. The molecule has 0 saturated heterocycles. The normalized spacial score (nSPS) is 13.1. The van der Waals surface area contributed by atoms with Gasteiger partial charge in [-0.25, -0.2) is 10.2 Å². The zero-order valence-corrected chi connectivity index (χ0v) is 17.7. The van der Waals surface area contributed by atoms with Crippen LogP contribution in [0.25, 0.3) is 0 Å². The fourth-order valence-electron chi connectivity index (χ4n) is 2.94. The van der Waals surface area contributed by atoms with Crippen LogP contribution in [0.3, 0.4) is 0 Å². The Hall–Kier alpha value is -2.42. The predicted octanol–water partition coefficient (Wildman–Crippen LogP) is 3.81. The third-order valence-electron chi connectivity index (χ3n) is 4.32. The van der Waals surface area contributed by atoms with Gasteiger partial charge in [0.2, 0.25) is 0 Å². The minimum atomic E-state index is -0.969. The fraction of sp³-hybridized carbons (Fsp3) is 0.263. The predicted molar refractivity (Wildman–Crippen MR) is 113 cm³/mol. The Kier molecular flexibility index (Phi) is 6.89. The maximum absolute atomic E-state index is 12.2. The van der Waals surface area contributed by atoms with E-state index in [1.807, 2.05) is 0 Å². The number of aryl methyl sites for hydroxylation is 1. The van der Waals surface area contributed by atoms with Crippen molar-refractivity contribution in [3.63, 3.8) is 0 Å².